The van der Waals surface area contributed by atoms with Crippen LogP contribution in [0, 0.1) is 6.92 Å². The van der Waals surface area contributed by atoms with Gasteiger partial charge >= 0.3 is 0 Å². The summed E-state index contributed by atoms with van der Waals surface area (Å²) < 4.78 is 1.99. The largest absolute Gasteiger partial charge is 0.368 e. The molecule has 0 radical (unpaired) electrons. The Bertz CT molecular complexity index is 462. The normalized spacial score (nSPS) is 14.1. The molecule has 1 heterocycles. The lowest BCUT2D eigenvalue weighted by Gasteiger charge is -2.27. The Hall–Kier alpha value is -1.08. The fourth-order valence-electron chi connectivity index (χ4n) is 1.96. The second kappa shape index (κ2) is 8.38. The van der Waals surface area contributed by atoms with Crippen LogP contribution in [0.2, 0.25) is 0 Å². The fourth-order valence-corrected chi connectivity index (χ4v) is 2.91. The molecular weight excluding hydrogens is 286 g/mol. The lowest BCUT2D eigenvalue weighted by molar-refractivity contribution is -0.124. The van der Waals surface area contributed by atoms with Gasteiger partial charge in [-0.3, -0.25) is 4.79 Å². The highest BCUT2D eigenvalue weighted by Crippen LogP contribution is 2.19. The third-order valence-electron chi connectivity index (χ3n) is 3.66. The summed E-state index contributed by atoms with van der Waals surface area (Å²) in [6.07, 6.45) is 3.73. The molecule has 0 spiro atoms. The average Bonchev–Trinajstić information content (AvgIpc) is 2.76. The molecular formula is C14H27N5OS. The molecule has 6 nitrogen and oxygen atoms in total. The number of thioether (sulfide) groups is 1. The number of carbonyl (C=O) groups is 1. The van der Waals surface area contributed by atoms with E-state index < -0.39 is 5.54 Å². The lowest BCUT2D eigenvalue weighted by atomic mass is 9.94. The summed E-state index contributed by atoms with van der Waals surface area (Å²) in [5.41, 5.74) is 4.92. The number of aromatic nitrogens is 3. The molecule has 120 valence electrons. The van der Waals surface area contributed by atoms with Crippen molar-refractivity contribution in [2.24, 2.45) is 12.8 Å². The van der Waals surface area contributed by atoms with E-state index in [1.165, 1.54) is 0 Å². The molecule has 0 saturated heterocycles. The van der Waals surface area contributed by atoms with Gasteiger partial charge in [-0.2, -0.15) is 0 Å². The van der Waals surface area contributed by atoms with E-state index in [0.717, 1.165) is 49.0 Å². The molecule has 1 rings (SSSR count). The second-order valence-corrected chi connectivity index (χ2v) is 6.58. The highest BCUT2D eigenvalue weighted by molar-refractivity contribution is 7.99. The zero-order chi connectivity index (χ0) is 15.9. The van der Waals surface area contributed by atoms with Crippen LogP contribution in [0.1, 0.15) is 45.4 Å². The molecule has 0 saturated carbocycles. The molecule has 7 heteroatoms. The quantitative estimate of drug-likeness (QED) is 0.506. The van der Waals surface area contributed by atoms with Crippen LogP contribution in [-0.4, -0.2) is 38.5 Å². The number of carbonyl (C=O) groups excluding carboxylic acids is 1. The van der Waals surface area contributed by atoms with E-state index >= 15 is 0 Å². The Morgan fingerprint density at radius 2 is 2.14 bits per heavy atom. The third-order valence-corrected chi connectivity index (χ3v) is 4.77. The summed E-state index contributed by atoms with van der Waals surface area (Å²) in [5, 5.41) is 12.3. The Balaban J connectivity index is 2.31. The van der Waals surface area contributed by atoms with Gasteiger partial charge in [0.1, 0.15) is 5.82 Å². The predicted molar refractivity (Wildman–Crippen MR) is 86.2 cm³/mol. The fraction of sp³-hybridized carbons (Fsp3) is 0.786. The van der Waals surface area contributed by atoms with Gasteiger partial charge < -0.3 is 15.6 Å². The first-order valence-corrected chi connectivity index (χ1v) is 8.43. The second-order valence-electron chi connectivity index (χ2n) is 5.52. The summed E-state index contributed by atoms with van der Waals surface area (Å²) >= 11 is 1.70. The first kappa shape index (κ1) is 18.0. The van der Waals surface area contributed by atoms with Crippen molar-refractivity contribution in [1.29, 1.82) is 0 Å². The molecule has 3 N–H and O–H groups in total. The van der Waals surface area contributed by atoms with Gasteiger partial charge in [0.25, 0.3) is 0 Å². The molecule has 0 aliphatic heterocycles. The van der Waals surface area contributed by atoms with Crippen LogP contribution in [0.5, 0.6) is 0 Å². The van der Waals surface area contributed by atoms with Crippen molar-refractivity contribution in [3.8, 4) is 0 Å². The minimum absolute atomic E-state index is 0.271. The molecule has 1 atom stereocenters. The van der Waals surface area contributed by atoms with Gasteiger partial charge in [-0.05, 0) is 39.7 Å². The number of nitrogens with one attached hydrogen (secondary N) is 1. The topological polar surface area (TPSA) is 85.8 Å². The van der Waals surface area contributed by atoms with Gasteiger partial charge in [0, 0.05) is 12.8 Å². The first-order chi connectivity index (χ1) is 9.90. The molecule has 1 aromatic heterocycles. The maximum atomic E-state index is 11.6. The van der Waals surface area contributed by atoms with Crippen molar-refractivity contribution in [3.63, 3.8) is 0 Å². The summed E-state index contributed by atoms with van der Waals surface area (Å²) in [5.74, 6) is 1.62. The van der Waals surface area contributed by atoms with E-state index in [9.17, 15) is 4.79 Å². The third kappa shape index (κ3) is 5.32. The van der Waals surface area contributed by atoms with Crippen molar-refractivity contribution in [1.82, 2.24) is 20.1 Å². The molecule has 1 unspecified atom stereocenters. The number of primary amides is 1. The SMILES string of the molecule is CCCNC(C)(CCCCSc1nnc(C)n1C)C(N)=O. The van der Waals surface area contributed by atoms with E-state index in [2.05, 4.69) is 22.4 Å². The number of amides is 1. The van der Waals surface area contributed by atoms with Crippen molar-refractivity contribution in [2.75, 3.05) is 12.3 Å². The number of hydrogen-bond donors (Lipinski definition) is 2. The Kier molecular flexibility index (Phi) is 7.17. The van der Waals surface area contributed by atoms with Gasteiger partial charge in [-0.1, -0.05) is 25.1 Å². The number of rotatable bonds is 10. The van der Waals surface area contributed by atoms with Crippen LogP contribution < -0.4 is 11.1 Å². The maximum Gasteiger partial charge on any atom is 0.237 e. The molecule has 0 bridgehead atoms. The first-order valence-electron chi connectivity index (χ1n) is 7.44. The minimum atomic E-state index is -0.595. The summed E-state index contributed by atoms with van der Waals surface area (Å²) in [4.78, 5) is 11.6. The van der Waals surface area contributed by atoms with Crippen molar-refractivity contribution in [3.05, 3.63) is 5.82 Å². The van der Waals surface area contributed by atoms with E-state index in [4.69, 9.17) is 5.73 Å². The van der Waals surface area contributed by atoms with E-state index in [1.807, 2.05) is 25.5 Å². The number of aryl methyl sites for hydroxylation is 1. The number of hydrogen-bond acceptors (Lipinski definition) is 5. The Morgan fingerprint density at radius 3 is 2.67 bits per heavy atom. The van der Waals surface area contributed by atoms with Gasteiger partial charge in [0.2, 0.25) is 5.91 Å². The number of nitrogens with zero attached hydrogens (tertiary/aromatic N) is 3. The highest BCUT2D eigenvalue weighted by atomic mass is 32.2. The molecule has 1 aromatic rings. The zero-order valence-electron chi connectivity index (χ0n) is 13.5. The Labute approximate surface area is 131 Å². The van der Waals surface area contributed by atoms with Gasteiger partial charge in [0.05, 0.1) is 5.54 Å². The molecule has 0 aromatic carbocycles. The summed E-state index contributed by atoms with van der Waals surface area (Å²) in [6, 6.07) is 0. The maximum absolute atomic E-state index is 11.6. The number of nitrogens with two attached hydrogens (primary N) is 1. The lowest BCUT2D eigenvalue weighted by Crippen LogP contribution is -2.53. The van der Waals surface area contributed by atoms with Crippen LogP contribution >= 0.6 is 11.8 Å². The molecule has 1 amide bonds. The van der Waals surface area contributed by atoms with E-state index in [-0.39, 0.29) is 5.91 Å². The summed E-state index contributed by atoms with van der Waals surface area (Å²) in [6.45, 7) is 6.72. The van der Waals surface area contributed by atoms with Crippen molar-refractivity contribution >= 4 is 17.7 Å². The van der Waals surface area contributed by atoms with Crippen molar-refractivity contribution < 1.29 is 4.79 Å². The van der Waals surface area contributed by atoms with Gasteiger partial charge in [-0.25, -0.2) is 0 Å². The monoisotopic (exact) mass is 313 g/mol. The van der Waals surface area contributed by atoms with Gasteiger partial charge in [0.15, 0.2) is 5.16 Å². The van der Waals surface area contributed by atoms with Crippen LogP contribution in [0.3, 0.4) is 0 Å². The van der Waals surface area contributed by atoms with Crippen LogP contribution in [-0.2, 0) is 11.8 Å². The Morgan fingerprint density at radius 1 is 1.43 bits per heavy atom. The minimum Gasteiger partial charge on any atom is -0.368 e. The van der Waals surface area contributed by atoms with Crippen LogP contribution in [0.25, 0.3) is 0 Å². The zero-order valence-corrected chi connectivity index (χ0v) is 14.3. The average molecular weight is 313 g/mol. The molecule has 21 heavy (non-hydrogen) atoms. The standard InChI is InChI=1S/C14H27N5OS/c1-5-9-16-14(3,12(15)20)8-6-7-10-21-13-18-17-11(2)19(13)4/h16H,5-10H2,1-4H3,(H2,15,20). The van der Waals surface area contributed by atoms with E-state index in [1.54, 1.807) is 11.8 Å². The van der Waals surface area contributed by atoms with Crippen molar-refractivity contribution in [2.45, 2.75) is 57.1 Å². The van der Waals surface area contributed by atoms with Gasteiger partial charge in [-0.15, -0.1) is 10.2 Å². The number of unbranched alkanes of at least 4 members (excludes halogenated alkanes) is 1. The van der Waals surface area contributed by atoms with E-state index in [0.29, 0.717) is 0 Å². The predicted octanol–water partition coefficient (Wildman–Crippen LogP) is 1.63. The van der Waals surface area contributed by atoms with Crippen LogP contribution in [0.4, 0.5) is 0 Å². The highest BCUT2D eigenvalue weighted by Gasteiger charge is 2.29. The molecule has 0 aliphatic carbocycles. The smallest absolute Gasteiger partial charge is 0.237 e. The molecule has 0 aliphatic rings. The summed E-state index contributed by atoms with van der Waals surface area (Å²) in [7, 11) is 1.97. The van der Waals surface area contributed by atoms with Crippen LogP contribution in [0.15, 0.2) is 5.16 Å². The molecule has 0 fully saturated rings.